The minimum atomic E-state index is -0.973. The fourth-order valence-electron chi connectivity index (χ4n) is 2.41. The maximum atomic E-state index is 13.6. The highest BCUT2D eigenvalue weighted by Crippen LogP contribution is 2.39. The largest absolute Gasteiger partial charge is 0.491 e. The molecule has 24 heavy (non-hydrogen) atoms. The van der Waals surface area contributed by atoms with Gasteiger partial charge in [-0.25, -0.2) is 4.39 Å². The Morgan fingerprint density at radius 3 is 2.38 bits per heavy atom. The van der Waals surface area contributed by atoms with Gasteiger partial charge in [0, 0.05) is 5.75 Å². The molecule has 0 bridgehead atoms. The fraction of sp³-hybridized carbons (Fsp3) is 0.471. The van der Waals surface area contributed by atoms with Crippen molar-refractivity contribution < 1.29 is 23.6 Å². The predicted octanol–water partition coefficient (Wildman–Crippen LogP) is 3.40. The molecule has 0 unspecified atom stereocenters. The molecule has 0 atom stereocenters. The van der Waals surface area contributed by atoms with Gasteiger partial charge in [-0.1, -0.05) is 12.1 Å². The molecular formula is C17H22BFO4S. The number of hydrogen-bond donors (Lipinski definition) is 2. The van der Waals surface area contributed by atoms with Gasteiger partial charge in [0.15, 0.2) is 0 Å². The van der Waals surface area contributed by atoms with Crippen LogP contribution in [0.1, 0.15) is 38.8 Å². The molecule has 130 valence electrons. The first-order valence-electron chi connectivity index (χ1n) is 7.73. The molecular weight excluding hydrogens is 330 g/mol. The van der Waals surface area contributed by atoms with E-state index in [1.165, 1.54) is 18.2 Å². The lowest BCUT2D eigenvalue weighted by atomic mass is 9.78. The molecule has 7 heteroatoms. The summed E-state index contributed by atoms with van der Waals surface area (Å²) in [5, 5.41) is 9.02. The van der Waals surface area contributed by atoms with Gasteiger partial charge in [0.05, 0.1) is 17.6 Å². The summed E-state index contributed by atoms with van der Waals surface area (Å²) in [5.74, 6) is -1.05. The third-order valence-corrected chi connectivity index (χ3v) is 4.89. The molecule has 0 amide bonds. The first-order chi connectivity index (χ1) is 11.1. The molecule has 1 aromatic carbocycles. The van der Waals surface area contributed by atoms with E-state index in [4.69, 9.17) is 14.4 Å². The highest BCUT2D eigenvalue weighted by molar-refractivity contribution is 7.80. The van der Waals surface area contributed by atoms with Gasteiger partial charge in [0.1, 0.15) is 5.82 Å². The van der Waals surface area contributed by atoms with Crippen LogP contribution in [0.5, 0.6) is 0 Å². The second-order valence-corrected chi connectivity index (χ2v) is 7.20. The predicted molar refractivity (Wildman–Crippen MR) is 95.7 cm³/mol. The van der Waals surface area contributed by atoms with Crippen LogP contribution in [0.25, 0.3) is 6.08 Å². The minimum Gasteiger partial charge on any atom is -0.481 e. The molecule has 0 saturated carbocycles. The molecule has 1 saturated heterocycles. The van der Waals surface area contributed by atoms with E-state index in [0.29, 0.717) is 22.4 Å². The van der Waals surface area contributed by atoms with Gasteiger partial charge in [-0.05, 0) is 56.4 Å². The lowest BCUT2D eigenvalue weighted by Gasteiger charge is -2.32. The average molecular weight is 352 g/mol. The van der Waals surface area contributed by atoms with Crippen LogP contribution >= 0.6 is 12.6 Å². The summed E-state index contributed by atoms with van der Waals surface area (Å²) in [6.45, 7) is 7.78. The molecule has 0 spiro atoms. The SMILES string of the molecule is CC1(C)OB(C(=Cc2cc(F)ccc2CC(=O)O)CS)OC1(C)C. The van der Waals surface area contributed by atoms with Crippen LogP contribution in [0.2, 0.25) is 0 Å². The Morgan fingerprint density at radius 2 is 1.88 bits per heavy atom. The molecule has 1 heterocycles. The van der Waals surface area contributed by atoms with Gasteiger partial charge in [0.2, 0.25) is 0 Å². The quantitative estimate of drug-likeness (QED) is 0.630. The van der Waals surface area contributed by atoms with Crippen molar-refractivity contribution in [1.29, 1.82) is 0 Å². The van der Waals surface area contributed by atoms with E-state index in [2.05, 4.69) is 12.6 Å². The first kappa shape index (κ1) is 19.0. The van der Waals surface area contributed by atoms with Crippen LogP contribution in [-0.4, -0.2) is 35.1 Å². The van der Waals surface area contributed by atoms with E-state index in [0.717, 1.165) is 0 Å². The summed E-state index contributed by atoms with van der Waals surface area (Å²) in [6, 6.07) is 4.05. The third kappa shape index (κ3) is 4.02. The second-order valence-electron chi connectivity index (χ2n) is 6.88. The number of carbonyl (C=O) groups is 1. The molecule has 1 aliphatic heterocycles. The van der Waals surface area contributed by atoms with Crippen LogP contribution in [0.15, 0.2) is 23.7 Å². The second kappa shape index (κ2) is 6.90. The van der Waals surface area contributed by atoms with Crippen LogP contribution in [0.3, 0.4) is 0 Å². The maximum Gasteiger partial charge on any atom is 0.491 e. The van der Waals surface area contributed by atoms with E-state index in [9.17, 15) is 9.18 Å². The standard InChI is InChI=1S/C17H22BFO4S/c1-16(2)17(3,4)23-18(22-16)13(10-24)7-12-8-14(19)6-5-11(12)9-15(20)21/h5-8,24H,9-10H2,1-4H3,(H,20,21). The molecule has 1 N–H and O–H groups in total. The summed E-state index contributed by atoms with van der Waals surface area (Å²) in [7, 11) is -0.603. The smallest absolute Gasteiger partial charge is 0.481 e. The van der Waals surface area contributed by atoms with E-state index in [1.807, 2.05) is 27.7 Å². The van der Waals surface area contributed by atoms with Crippen molar-refractivity contribution in [2.45, 2.75) is 45.3 Å². The van der Waals surface area contributed by atoms with Crippen molar-refractivity contribution in [3.05, 3.63) is 40.6 Å². The van der Waals surface area contributed by atoms with Crippen molar-refractivity contribution in [3.8, 4) is 0 Å². The van der Waals surface area contributed by atoms with E-state index < -0.39 is 30.1 Å². The summed E-state index contributed by atoms with van der Waals surface area (Å²) >= 11 is 4.33. The highest BCUT2D eigenvalue weighted by atomic mass is 32.1. The maximum absolute atomic E-state index is 13.6. The Labute approximate surface area is 147 Å². The van der Waals surface area contributed by atoms with Gasteiger partial charge < -0.3 is 14.4 Å². The summed E-state index contributed by atoms with van der Waals surface area (Å²) in [5.41, 5.74) is 0.752. The van der Waals surface area contributed by atoms with Gasteiger partial charge in [0.25, 0.3) is 0 Å². The monoisotopic (exact) mass is 352 g/mol. The number of aliphatic carboxylic acids is 1. The number of hydrogen-bond acceptors (Lipinski definition) is 4. The minimum absolute atomic E-state index is 0.185. The van der Waals surface area contributed by atoms with Crippen molar-refractivity contribution in [2.75, 3.05) is 5.75 Å². The Morgan fingerprint density at radius 1 is 1.29 bits per heavy atom. The Hall–Kier alpha value is -1.31. The third-order valence-electron chi connectivity index (χ3n) is 4.53. The van der Waals surface area contributed by atoms with Crippen molar-refractivity contribution >= 4 is 31.8 Å². The molecule has 0 aromatic heterocycles. The zero-order chi connectivity index (χ0) is 18.1. The molecule has 1 aliphatic rings. The summed E-state index contributed by atoms with van der Waals surface area (Å²) in [4.78, 5) is 11.0. The molecule has 1 fully saturated rings. The molecule has 0 radical (unpaired) electrons. The fourth-order valence-corrected chi connectivity index (χ4v) is 2.65. The number of halogens is 1. The highest BCUT2D eigenvalue weighted by Gasteiger charge is 2.52. The molecule has 2 rings (SSSR count). The van der Waals surface area contributed by atoms with Gasteiger partial charge >= 0.3 is 13.1 Å². The number of thiol groups is 1. The van der Waals surface area contributed by atoms with Crippen LogP contribution in [0.4, 0.5) is 4.39 Å². The summed E-state index contributed by atoms with van der Waals surface area (Å²) < 4.78 is 25.6. The van der Waals surface area contributed by atoms with Crippen molar-refractivity contribution in [2.24, 2.45) is 0 Å². The van der Waals surface area contributed by atoms with Gasteiger partial charge in [-0.3, -0.25) is 4.79 Å². The zero-order valence-corrected chi connectivity index (χ0v) is 15.2. The normalized spacial score (nSPS) is 19.6. The lowest BCUT2D eigenvalue weighted by molar-refractivity contribution is -0.136. The van der Waals surface area contributed by atoms with E-state index in [-0.39, 0.29) is 6.42 Å². The van der Waals surface area contributed by atoms with Crippen molar-refractivity contribution in [1.82, 2.24) is 0 Å². The Balaban J connectivity index is 2.38. The average Bonchev–Trinajstić information content (AvgIpc) is 2.66. The number of benzene rings is 1. The van der Waals surface area contributed by atoms with Crippen LogP contribution in [0, 0.1) is 5.82 Å². The van der Waals surface area contributed by atoms with Crippen molar-refractivity contribution in [3.63, 3.8) is 0 Å². The Bertz CT molecular complexity index is 657. The lowest BCUT2D eigenvalue weighted by Crippen LogP contribution is -2.41. The van der Waals surface area contributed by atoms with Gasteiger partial charge in [-0.15, -0.1) is 0 Å². The Kier molecular flexibility index (Phi) is 5.47. The topological polar surface area (TPSA) is 55.8 Å². The molecule has 1 aromatic rings. The van der Waals surface area contributed by atoms with Gasteiger partial charge in [-0.2, -0.15) is 12.6 Å². The number of rotatable bonds is 5. The number of carboxylic acid groups (broad SMARTS) is 1. The molecule has 4 nitrogen and oxygen atoms in total. The zero-order valence-electron chi connectivity index (χ0n) is 14.3. The number of carboxylic acids is 1. The summed E-state index contributed by atoms with van der Waals surface area (Å²) in [6.07, 6.45) is 1.52. The van der Waals surface area contributed by atoms with Crippen LogP contribution < -0.4 is 0 Å². The first-order valence-corrected chi connectivity index (χ1v) is 8.36. The van der Waals surface area contributed by atoms with E-state index in [1.54, 1.807) is 6.08 Å². The van der Waals surface area contributed by atoms with Crippen LogP contribution in [-0.2, 0) is 20.5 Å². The molecule has 0 aliphatic carbocycles. The van der Waals surface area contributed by atoms with E-state index >= 15 is 0 Å².